The Kier molecular flexibility index (Phi) is 5.36. The van der Waals surface area contributed by atoms with Crippen LogP contribution < -0.4 is 5.32 Å². The lowest BCUT2D eigenvalue weighted by atomic mass is 10.3. The summed E-state index contributed by atoms with van der Waals surface area (Å²) in [5.74, 6) is 0. The summed E-state index contributed by atoms with van der Waals surface area (Å²) in [5, 5.41) is 3.18. The second kappa shape index (κ2) is 5.27. The van der Waals surface area contributed by atoms with Gasteiger partial charge >= 0.3 is 0 Å². The molecular formula is C6H14NP. The highest BCUT2D eigenvalue weighted by molar-refractivity contribution is 7.20. The Hall–Kier alpha value is 0.130. The average Bonchev–Trinajstić information content (AvgIpc) is 1.68. The normalized spacial score (nSPS) is 9.25. The predicted molar refractivity (Wildman–Crippen MR) is 41.9 cm³/mol. The summed E-state index contributed by atoms with van der Waals surface area (Å²) in [6.45, 7) is 5.27. The van der Waals surface area contributed by atoms with Crippen LogP contribution in [0.25, 0.3) is 0 Å². The summed E-state index contributed by atoms with van der Waals surface area (Å²) in [5.41, 5.74) is 1.22. The number of hydrogen-bond donors (Lipinski definition) is 1. The van der Waals surface area contributed by atoms with Crippen molar-refractivity contribution >= 4 is 14.3 Å². The summed E-state index contributed by atoms with van der Waals surface area (Å²) in [7, 11) is 3.45. The van der Waals surface area contributed by atoms with Crippen molar-refractivity contribution < 1.29 is 0 Å². The molecule has 0 aliphatic rings. The van der Waals surface area contributed by atoms with Crippen molar-refractivity contribution in [3.63, 3.8) is 0 Å². The van der Waals surface area contributed by atoms with Crippen molar-refractivity contribution in [3.05, 3.63) is 0 Å². The minimum atomic E-state index is 1.01. The van der Waals surface area contributed by atoms with Gasteiger partial charge in [0.1, 0.15) is 0 Å². The highest BCUT2D eigenvalue weighted by Crippen LogP contribution is 1.88. The minimum absolute atomic E-state index is 1.01. The lowest BCUT2D eigenvalue weighted by molar-refractivity contribution is 0.908. The third-order valence-corrected chi connectivity index (χ3v) is 1.32. The van der Waals surface area contributed by atoms with E-state index in [4.69, 9.17) is 0 Å². The van der Waals surface area contributed by atoms with Gasteiger partial charge in [0.15, 0.2) is 0 Å². The van der Waals surface area contributed by atoms with E-state index in [0.29, 0.717) is 0 Å². The Morgan fingerprint density at radius 2 is 2.12 bits per heavy atom. The van der Waals surface area contributed by atoms with Gasteiger partial charge in [-0.3, -0.25) is 5.32 Å². The number of nitrogens with one attached hydrogen (secondary N) is 1. The zero-order valence-corrected chi connectivity index (χ0v) is 6.62. The molecule has 0 aliphatic carbocycles. The van der Waals surface area contributed by atoms with Crippen LogP contribution in [0, 0.1) is 0 Å². The van der Waals surface area contributed by atoms with E-state index >= 15 is 0 Å². The molecule has 48 valence electrons. The molecule has 0 fully saturated rings. The average molecular weight is 131 g/mol. The molecule has 2 heteroatoms. The molecule has 0 spiro atoms. The van der Waals surface area contributed by atoms with Crippen LogP contribution >= 0.6 is 8.86 Å². The highest BCUT2D eigenvalue weighted by Gasteiger charge is 1.86. The Labute approximate surface area is 53.7 Å². The van der Waals surface area contributed by atoms with E-state index in [-0.39, 0.29) is 0 Å². The van der Waals surface area contributed by atoms with Gasteiger partial charge in [-0.15, -0.1) is 8.86 Å². The first kappa shape index (κ1) is 8.13. The van der Waals surface area contributed by atoms with E-state index in [1.54, 1.807) is 0 Å². The maximum atomic E-state index is 3.45. The molecule has 0 amide bonds. The summed E-state index contributed by atoms with van der Waals surface area (Å²) in [6.07, 6.45) is 2.33. The van der Waals surface area contributed by atoms with Gasteiger partial charge in [-0.05, 0) is 13.0 Å². The molecule has 0 unspecified atom stereocenters. The van der Waals surface area contributed by atoms with Crippen LogP contribution in [0.2, 0.25) is 0 Å². The molecule has 0 heterocycles. The maximum Gasteiger partial charge on any atom is 0.0116 e. The highest BCUT2D eigenvalue weighted by atomic mass is 31.0. The monoisotopic (exact) mass is 131 g/mol. The molecule has 0 saturated carbocycles. The van der Waals surface area contributed by atoms with Crippen molar-refractivity contribution in [1.29, 1.82) is 0 Å². The molecule has 0 radical (unpaired) electrons. The zero-order chi connectivity index (χ0) is 6.41. The summed E-state index contributed by atoms with van der Waals surface area (Å²) in [6, 6.07) is 0. The summed E-state index contributed by atoms with van der Waals surface area (Å²) < 4.78 is 0. The SMILES string of the molecule is CCCC(=P)NCC. The molecule has 0 aromatic carbocycles. The van der Waals surface area contributed by atoms with Gasteiger partial charge in [-0.25, -0.2) is 0 Å². The Morgan fingerprint density at radius 1 is 1.50 bits per heavy atom. The maximum absolute atomic E-state index is 3.45. The lowest BCUT2D eigenvalue weighted by Gasteiger charge is -2.00. The van der Waals surface area contributed by atoms with Crippen molar-refractivity contribution in [2.24, 2.45) is 0 Å². The second-order valence-corrected chi connectivity index (χ2v) is 2.36. The van der Waals surface area contributed by atoms with Crippen LogP contribution in [0.3, 0.4) is 0 Å². The van der Waals surface area contributed by atoms with Gasteiger partial charge in [-0.2, -0.15) is 0 Å². The van der Waals surface area contributed by atoms with Crippen LogP contribution in [0.5, 0.6) is 0 Å². The van der Waals surface area contributed by atoms with E-state index < -0.39 is 0 Å². The largest absolute Gasteiger partial charge is 0.289 e. The quantitative estimate of drug-likeness (QED) is 0.572. The fraction of sp³-hybridized carbons (Fsp3) is 0.833. The van der Waals surface area contributed by atoms with Gasteiger partial charge in [0.2, 0.25) is 0 Å². The van der Waals surface area contributed by atoms with Gasteiger partial charge in [0, 0.05) is 5.42 Å². The number of hydrogen-bond acceptors (Lipinski definition) is 0. The third-order valence-electron chi connectivity index (χ3n) is 0.890. The van der Waals surface area contributed by atoms with Crippen LogP contribution in [-0.4, -0.2) is 12.0 Å². The molecule has 1 N–H and O–H groups in total. The van der Waals surface area contributed by atoms with Gasteiger partial charge < -0.3 is 0 Å². The molecule has 0 aliphatic heterocycles. The molecule has 0 aromatic rings. The van der Waals surface area contributed by atoms with Crippen molar-refractivity contribution in [2.45, 2.75) is 26.7 Å². The van der Waals surface area contributed by atoms with Gasteiger partial charge in [0.05, 0.1) is 0 Å². The van der Waals surface area contributed by atoms with E-state index in [1.807, 2.05) is 0 Å². The smallest absolute Gasteiger partial charge is 0.0116 e. The van der Waals surface area contributed by atoms with Crippen LogP contribution in [0.1, 0.15) is 26.7 Å². The van der Waals surface area contributed by atoms with Crippen molar-refractivity contribution in [3.8, 4) is 0 Å². The second-order valence-electron chi connectivity index (χ2n) is 1.76. The van der Waals surface area contributed by atoms with Gasteiger partial charge in [0.25, 0.3) is 0 Å². The molecule has 0 aromatic heterocycles. The molecule has 0 rings (SSSR count). The molecular weight excluding hydrogens is 117 g/mol. The number of rotatable bonds is 4. The van der Waals surface area contributed by atoms with E-state index in [9.17, 15) is 0 Å². The first-order valence-corrected chi connectivity index (χ1v) is 3.62. The molecule has 0 saturated heterocycles. The first-order valence-electron chi connectivity index (χ1n) is 3.12. The Bertz CT molecular complexity index is 62.9. The fourth-order valence-electron chi connectivity index (χ4n) is 0.552. The molecule has 8 heavy (non-hydrogen) atoms. The third kappa shape index (κ3) is 4.29. The zero-order valence-electron chi connectivity index (χ0n) is 5.62. The van der Waals surface area contributed by atoms with Crippen LogP contribution in [0.15, 0.2) is 0 Å². The topological polar surface area (TPSA) is 12.0 Å². The summed E-state index contributed by atoms with van der Waals surface area (Å²) in [4.78, 5) is 0. The van der Waals surface area contributed by atoms with Crippen LogP contribution in [0.4, 0.5) is 0 Å². The summed E-state index contributed by atoms with van der Waals surface area (Å²) >= 11 is 0. The Morgan fingerprint density at radius 3 is 2.50 bits per heavy atom. The van der Waals surface area contributed by atoms with Crippen LogP contribution in [-0.2, 0) is 0 Å². The van der Waals surface area contributed by atoms with Crippen molar-refractivity contribution in [2.75, 3.05) is 6.54 Å². The van der Waals surface area contributed by atoms with Crippen molar-refractivity contribution in [1.82, 2.24) is 5.32 Å². The fourth-order valence-corrected chi connectivity index (χ4v) is 0.979. The first-order chi connectivity index (χ1) is 3.81. The van der Waals surface area contributed by atoms with E-state index in [1.165, 1.54) is 11.8 Å². The minimum Gasteiger partial charge on any atom is -0.289 e. The standard InChI is InChI=1S/C6H14NP/c1-3-5-6(8)7-4-2/h7-8H,3-5H2,1-2H3. The van der Waals surface area contributed by atoms with E-state index in [0.717, 1.165) is 13.0 Å². The van der Waals surface area contributed by atoms with E-state index in [2.05, 4.69) is 28.0 Å². The van der Waals surface area contributed by atoms with Gasteiger partial charge in [-0.1, -0.05) is 20.3 Å². The molecule has 0 atom stereocenters. The predicted octanol–water partition coefficient (Wildman–Crippen LogP) is 1.67. The molecule has 0 bridgehead atoms. The Balaban J connectivity index is 3.06. The lowest BCUT2D eigenvalue weighted by Crippen LogP contribution is -2.19. The molecule has 1 nitrogen and oxygen atoms in total.